The molecule has 11 heteroatoms. The summed E-state index contributed by atoms with van der Waals surface area (Å²) in [5.41, 5.74) is -0.200. The van der Waals surface area contributed by atoms with Crippen LogP contribution >= 0.6 is 11.3 Å². The Morgan fingerprint density at radius 2 is 1.93 bits per heavy atom. The van der Waals surface area contributed by atoms with Crippen molar-refractivity contribution in [3.8, 4) is 0 Å². The fraction of sp³-hybridized carbons (Fsp3) is 0.312. The predicted octanol–water partition coefficient (Wildman–Crippen LogP) is 1.23. The summed E-state index contributed by atoms with van der Waals surface area (Å²) in [6.07, 6.45) is 1.19. The van der Waals surface area contributed by atoms with Gasteiger partial charge in [0.05, 0.1) is 17.6 Å². The van der Waals surface area contributed by atoms with E-state index in [9.17, 15) is 24.3 Å². The monoisotopic (exact) mass is 394 g/mol. The van der Waals surface area contributed by atoms with Crippen molar-refractivity contribution in [1.29, 1.82) is 0 Å². The minimum Gasteiger partial charge on any atom is -0.478 e. The Morgan fingerprint density at radius 3 is 2.44 bits per heavy atom. The quantitative estimate of drug-likeness (QED) is 0.729. The maximum absolute atomic E-state index is 12.5. The number of carboxylic acids is 1. The van der Waals surface area contributed by atoms with Gasteiger partial charge in [-0.05, 0) is 12.5 Å². The maximum Gasteiger partial charge on any atom is 0.341 e. The van der Waals surface area contributed by atoms with Gasteiger partial charge in [-0.25, -0.2) is 9.59 Å². The lowest BCUT2D eigenvalue weighted by Crippen LogP contribution is -2.21. The predicted molar refractivity (Wildman–Crippen MR) is 96.5 cm³/mol. The molecule has 0 aromatic carbocycles. The summed E-state index contributed by atoms with van der Waals surface area (Å²) in [6, 6.07) is 0. The van der Waals surface area contributed by atoms with E-state index in [0.717, 1.165) is 11.3 Å². The van der Waals surface area contributed by atoms with Crippen LogP contribution in [0.15, 0.2) is 6.20 Å². The number of methoxy groups -OCH3 is 1. The number of nitrogens with zero attached hydrogens (tertiary/aromatic N) is 3. The average molecular weight is 394 g/mol. The molecule has 0 aliphatic heterocycles. The highest BCUT2D eigenvalue weighted by Gasteiger charge is 2.29. The van der Waals surface area contributed by atoms with Crippen molar-refractivity contribution in [2.24, 2.45) is 7.05 Å². The van der Waals surface area contributed by atoms with Crippen molar-refractivity contribution in [2.75, 3.05) is 26.5 Å². The Morgan fingerprint density at radius 1 is 1.30 bits per heavy atom. The molecule has 2 aromatic rings. The summed E-state index contributed by atoms with van der Waals surface area (Å²) in [5.74, 6) is -3.20. The molecule has 0 spiro atoms. The van der Waals surface area contributed by atoms with Gasteiger partial charge in [-0.1, -0.05) is 0 Å². The van der Waals surface area contributed by atoms with E-state index >= 15 is 0 Å². The van der Waals surface area contributed by atoms with Crippen LogP contribution in [0.5, 0.6) is 0 Å². The van der Waals surface area contributed by atoms with E-state index in [2.05, 4.69) is 10.4 Å². The van der Waals surface area contributed by atoms with Gasteiger partial charge in [0.25, 0.3) is 11.8 Å². The third kappa shape index (κ3) is 3.82. The van der Waals surface area contributed by atoms with Crippen LogP contribution < -0.4 is 5.32 Å². The van der Waals surface area contributed by atoms with Gasteiger partial charge in [0.2, 0.25) is 0 Å². The lowest BCUT2D eigenvalue weighted by Gasteiger charge is -2.08. The number of amides is 2. The first-order chi connectivity index (χ1) is 12.6. The molecule has 0 saturated carbocycles. The molecule has 0 saturated heterocycles. The standard InChI is InChI=1S/C16H18N4O6S/c1-7-9(16(25)26-5)13(27-11(7)14(22)19(2)3)17-12(21)10-8(15(23)24)6-20(4)18-10/h6H,1-5H3,(H,17,21)(H,23,24). The lowest BCUT2D eigenvalue weighted by atomic mass is 10.1. The van der Waals surface area contributed by atoms with Crippen molar-refractivity contribution in [3.05, 3.63) is 33.5 Å². The van der Waals surface area contributed by atoms with Crippen LogP contribution in [-0.4, -0.2) is 64.7 Å². The van der Waals surface area contributed by atoms with Gasteiger partial charge in [-0.2, -0.15) is 5.10 Å². The largest absolute Gasteiger partial charge is 0.478 e. The van der Waals surface area contributed by atoms with Crippen LogP contribution in [0.4, 0.5) is 5.00 Å². The van der Waals surface area contributed by atoms with Gasteiger partial charge >= 0.3 is 11.9 Å². The van der Waals surface area contributed by atoms with Gasteiger partial charge in [0.15, 0.2) is 5.69 Å². The number of carbonyl (C=O) groups is 4. The summed E-state index contributed by atoms with van der Waals surface area (Å²) in [6.45, 7) is 1.57. The molecule has 0 fully saturated rings. The Hall–Kier alpha value is -3.21. The molecular formula is C16H18N4O6S. The number of hydrogen-bond donors (Lipinski definition) is 2. The number of carboxylic acid groups (broad SMARTS) is 1. The molecule has 144 valence electrons. The Kier molecular flexibility index (Phi) is 5.64. The Labute approximate surface area is 158 Å². The first-order valence-corrected chi connectivity index (χ1v) is 8.41. The zero-order valence-corrected chi connectivity index (χ0v) is 16.1. The topological polar surface area (TPSA) is 131 Å². The fourth-order valence-electron chi connectivity index (χ4n) is 2.33. The van der Waals surface area contributed by atoms with Gasteiger partial charge in [-0.15, -0.1) is 11.3 Å². The maximum atomic E-state index is 12.5. The normalized spacial score (nSPS) is 10.4. The van der Waals surface area contributed by atoms with E-state index in [-0.39, 0.29) is 32.6 Å². The molecule has 0 bridgehead atoms. The number of nitrogens with one attached hydrogen (secondary N) is 1. The van der Waals surface area contributed by atoms with E-state index in [4.69, 9.17) is 4.74 Å². The Balaban J connectivity index is 2.50. The average Bonchev–Trinajstić information content (AvgIpc) is 3.14. The van der Waals surface area contributed by atoms with E-state index in [1.165, 1.54) is 29.9 Å². The van der Waals surface area contributed by atoms with Crippen LogP contribution in [0.2, 0.25) is 0 Å². The molecule has 0 radical (unpaired) electrons. The van der Waals surface area contributed by atoms with E-state index in [0.29, 0.717) is 5.56 Å². The second-order valence-electron chi connectivity index (χ2n) is 5.78. The molecule has 0 aliphatic carbocycles. The SMILES string of the molecule is COC(=O)c1c(NC(=O)c2nn(C)cc2C(=O)O)sc(C(=O)N(C)C)c1C. The summed E-state index contributed by atoms with van der Waals surface area (Å²) in [5, 5.41) is 15.6. The Bertz CT molecular complexity index is 943. The number of aromatic carboxylic acids is 1. The highest BCUT2D eigenvalue weighted by atomic mass is 32.1. The molecule has 0 atom stereocenters. The number of aromatic nitrogens is 2. The van der Waals surface area contributed by atoms with Crippen LogP contribution in [0.1, 0.15) is 46.4 Å². The van der Waals surface area contributed by atoms with Crippen molar-refractivity contribution in [3.63, 3.8) is 0 Å². The molecule has 2 aromatic heterocycles. The smallest absolute Gasteiger partial charge is 0.341 e. The summed E-state index contributed by atoms with van der Waals surface area (Å²) in [7, 11) is 5.78. The summed E-state index contributed by atoms with van der Waals surface area (Å²) in [4.78, 5) is 49.9. The van der Waals surface area contributed by atoms with Gasteiger partial charge in [0.1, 0.15) is 10.6 Å². The van der Waals surface area contributed by atoms with Gasteiger partial charge < -0.3 is 20.1 Å². The number of hydrogen-bond acceptors (Lipinski definition) is 7. The molecular weight excluding hydrogens is 376 g/mol. The molecule has 2 rings (SSSR count). The minimum absolute atomic E-state index is 0.0360. The van der Waals surface area contributed by atoms with E-state index < -0.39 is 17.8 Å². The molecule has 2 N–H and O–H groups in total. The third-order valence-corrected chi connectivity index (χ3v) is 4.83. The van der Waals surface area contributed by atoms with Crippen LogP contribution in [0.25, 0.3) is 0 Å². The van der Waals surface area contributed by atoms with Crippen LogP contribution in [0.3, 0.4) is 0 Å². The molecule has 0 unspecified atom stereocenters. The lowest BCUT2D eigenvalue weighted by molar-refractivity contribution is 0.0600. The van der Waals surface area contributed by atoms with Crippen molar-refractivity contribution in [2.45, 2.75) is 6.92 Å². The number of ether oxygens (including phenoxy) is 1. The third-order valence-electron chi connectivity index (χ3n) is 3.64. The summed E-state index contributed by atoms with van der Waals surface area (Å²) < 4.78 is 5.94. The minimum atomic E-state index is -1.31. The number of carbonyl (C=O) groups excluding carboxylic acids is 3. The second kappa shape index (κ2) is 7.58. The number of rotatable bonds is 5. The van der Waals surface area contributed by atoms with Crippen molar-refractivity contribution in [1.82, 2.24) is 14.7 Å². The number of esters is 1. The van der Waals surface area contributed by atoms with E-state index in [1.54, 1.807) is 21.0 Å². The zero-order valence-electron chi connectivity index (χ0n) is 15.3. The first-order valence-electron chi connectivity index (χ1n) is 7.60. The first kappa shape index (κ1) is 20.1. The number of anilines is 1. The van der Waals surface area contributed by atoms with Crippen molar-refractivity contribution >= 4 is 40.1 Å². The second-order valence-corrected chi connectivity index (χ2v) is 6.80. The van der Waals surface area contributed by atoms with Crippen LogP contribution in [0, 0.1) is 6.92 Å². The van der Waals surface area contributed by atoms with Gasteiger partial charge in [0, 0.05) is 27.3 Å². The zero-order chi connectivity index (χ0) is 20.5. The molecule has 2 amide bonds. The van der Waals surface area contributed by atoms with Crippen LogP contribution in [-0.2, 0) is 11.8 Å². The highest BCUT2D eigenvalue weighted by molar-refractivity contribution is 7.18. The highest BCUT2D eigenvalue weighted by Crippen LogP contribution is 2.34. The van der Waals surface area contributed by atoms with Crippen molar-refractivity contribution < 1.29 is 29.0 Å². The fourth-order valence-corrected chi connectivity index (χ4v) is 3.54. The molecule has 2 heterocycles. The number of thiophene rings is 1. The number of aryl methyl sites for hydroxylation is 1. The van der Waals surface area contributed by atoms with Gasteiger partial charge in [-0.3, -0.25) is 14.3 Å². The van der Waals surface area contributed by atoms with E-state index in [1.807, 2.05) is 0 Å². The molecule has 27 heavy (non-hydrogen) atoms. The summed E-state index contributed by atoms with van der Waals surface area (Å²) >= 11 is 0.904. The molecule has 0 aliphatic rings. The molecule has 10 nitrogen and oxygen atoms in total.